The lowest BCUT2D eigenvalue weighted by molar-refractivity contribution is -0.137. The Morgan fingerprint density at radius 3 is 2.49 bits per heavy atom. The van der Waals surface area contributed by atoms with Crippen molar-refractivity contribution in [3.63, 3.8) is 0 Å². The van der Waals surface area contributed by atoms with Gasteiger partial charge in [-0.1, -0.05) is 42.5 Å². The zero-order valence-electron chi connectivity index (χ0n) is 22.0. The number of piperidine rings is 1. The van der Waals surface area contributed by atoms with E-state index in [0.717, 1.165) is 49.4 Å². The van der Waals surface area contributed by atoms with Crippen LogP contribution in [0.3, 0.4) is 0 Å². The van der Waals surface area contributed by atoms with Crippen LogP contribution in [-0.2, 0) is 22.9 Å². The van der Waals surface area contributed by atoms with E-state index in [4.69, 9.17) is 4.74 Å². The fourth-order valence-electron chi connectivity index (χ4n) is 6.13. The molecule has 5 nitrogen and oxygen atoms in total. The van der Waals surface area contributed by atoms with Gasteiger partial charge in [0, 0.05) is 31.3 Å². The van der Waals surface area contributed by atoms with Crippen molar-refractivity contribution < 1.29 is 22.3 Å². The number of hydrogen-bond acceptors (Lipinski definition) is 4. The number of hydrogen-bond donors (Lipinski definition) is 1. The lowest BCUT2D eigenvalue weighted by Gasteiger charge is -2.40. The highest BCUT2D eigenvalue weighted by atomic mass is 19.4. The van der Waals surface area contributed by atoms with Crippen molar-refractivity contribution in [2.24, 2.45) is 0 Å². The third-order valence-electron chi connectivity index (χ3n) is 8.26. The van der Waals surface area contributed by atoms with Gasteiger partial charge in [-0.25, -0.2) is 14.4 Å². The largest absolute Gasteiger partial charge is 0.416 e. The SMILES string of the molecule is Fc1ccccc1CC1OC2(CCN(c3ccc(-c4nc5ccc(C(F)(F)F)cc5[nH]4)cn3)CC2)c2ccccc21. The summed E-state index contributed by atoms with van der Waals surface area (Å²) in [6.07, 6.45) is -0.908. The van der Waals surface area contributed by atoms with Crippen LogP contribution in [0.25, 0.3) is 22.4 Å². The van der Waals surface area contributed by atoms with Crippen LogP contribution in [0.2, 0.25) is 0 Å². The molecule has 3 aromatic carbocycles. The molecule has 0 amide bonds. The van der Waals surface area contributed by atoms with Crippen LogP contribution >= 0.6 is 0 Å². The molecule has 1 atom stereocenters. The van der Waals surface area contributed by atoms with Gasteiger partial charge in [-0.15, -0.1) is 0 Å². The maximum atomic E-state index is 14.4. The van der Waals surface area contributed by atoms with Crippen LogP contribution in [0, 0.1) is 5.82 Å². The van der Waals surface area contributed by atoms with Crippen molar-refractivity contribution in [3.8, 4) is 11.4 Å². The lowest BCUT2D eigenvalue weighted by atomic mass is 9.83. The van der Waals surface area contributed by atoms with E-state index in [9.17, 15) is 17.6 Å². The molecular weight excluding hydrogens is 532 g/mol. The highest BCUT2D eigenvalue weighted by molar-refractivity contribution is 5.80. The average Bonchev–Trinajstić information content (AvgIpc) is 3.54. The third kappa shape index (κ3) is 4.64. The average molecular weight is 559 g/mol. The first-order valence-electron chi connectivity index (χ1n) is 13.6. The smallest absolute Gasteiger partial charge is 0.362 e. The minimum atomic E-state index is -4.41. The molecular formula is C32H26F4N4O. The number of H-pyrrole nitrogens is 1. The normalized spacial score (nSPS) is 18.2. The number of imidazole rings is 1. The minimum Gasteiger partial charge on any atom is -0.362 e. The fourth-order valence-corrected chi connectivity index (χ4v) is 6.13. The Hall–Kier alpha value is -4.24. The van der Waals surface area contributed by atoms with Crippen LogP contribution in [0.1, 0.15) is 41.2 Å². The number of fused-ring (bicyclic) bond motifs is 3. The molecule has 208 valence electrons. The molecule has 1 saturated heterocycles. The summed E-state index contributed by atoms with van der Waals surface area (Å²) < 4.78 is 60.4. The zero-order valence-corrected chi connectivity index (χ0v) is 22.0. The molecule has 41 heavy (non-hydrogen) atoms. The summed E-state index contributed by atoms with van der Waals surface area (Å²) in [7, 11) is 0. The van der Waals surface area contributed by atoms with E-state index in [1.54, 1.807) is 12.3 Å². The van der Waals surface area contributed by atoms with E-state index in [1.165, 1.54) is 17.7 Å². The number of anilines is 1. The predicted molar refractivity (Wildman–Crippen MR) is 148 cm³/mol. The molecule has 1 spiro atoms. The second-order valence-corrected chi connectivity index (χ2v) is 10.7. The Labute approximate surface area is 233 Å². The van der Waals surface area contributed by atoms with Crippen molar-refractivity contribution in [3.05, 3.63) is 113 Å². The first-order chi connectivity index (χ1) is 19.8. The van der Waals surface area contributed by atoms with Crippen molar-refractivity contribution in [1.82, 2.24) is 15.0 Å². The second kappa shape index (κ2) is 9.69. The van der Waals surface area contributed by atoms with Crippen LogP contribution in [0.5, 0.6) is 0 Å². The molecule has 1 N–H and O–H groups in total. The number of pyridine rings is 1. The number of aromatic nitrogens is 3. The van der Waals surface area contributed by atoms with Crippen molar-refractivity contribution in [2.45, 2.75) is 37.1 Å². The zero-order chi connectivity index (χ0) is 28.2. The van der Waals surface area contributed by atoms with Gasteiger partial charge in [0.1, 0.15) is 17.5 Å². The molecule has 0 aliphatic carbocycles. The first kappa shape index (κ1) is 25.7. The number of alkyl halides is 3. The van der Waals surface area contributed by atoms with Gasteiger partial charge in [0.25, 0.3) is 0 Å². The molecule has 1 fully saturated rings. The van der Waals surface area contributed by atoms with E-state index in [1.807, 2.05) is 36.4 Å². The Bertz CT molecular complexity index is 1720. The summed E-state index contributed by atoms with van der Waals surface area (Å²) in [5.41, 5.74) is 3.29. The number of ether oxygens (including phenoxy) is 1. The van der Waals surface area contributed by atoms with Gasteiger partial charge in [0.15, 0.2) is 0 Å². The molecule has 1 unspecified atom stereocenters. The number of nitrogens with one attached hydrogen (secondary N) is 1. The Kier molecular flexibility index (Phi) is 6.08. The summed E-state index contributed by atoms with van der Waals surface area (Å²) in [5, 5.41) is 0. The van der Waals surface area contributed by atoms with Crippen LogP contribution in [-0.4, -0.2) is 28.0 Å². The third-order valence-corrected chi connectivity index (χ3v) is 8.26. The first-order valence-corrected chi connectivity index (χ1v) is 13.6. The van der Waals surface area contributed by atoms with Crippen LogP contribution < -0.4 is 4.90 Å². The summed E-state index contributed by atoms with van der Waals surface area (Å²) in [5.74, 6) is 1.06. The molecule has 0 radical (unpaired) electrons. The van der Waals surface area contributed by atoms with Crippen LogP contribution in [0.4, 0.5) is 23.4 Å². The second-order valence-electron chi connectivity index (χ2n) is 10.7. The highest BCUT2D eigenvalue weighted by Crippen LogP contribution is 2.50. The van der Waals surface area contributed by atoms with Crippen molar-refractivity contribution in [1.29, 1.82) is 0 Å². The number of aromatic amines is 1. The Morgan fingerprint density at radius 2 is 1.73 bits per heavy atom. The predicted octanol–water partition coefficient (Wildman–Crippen LogP) is 7.59. The quantitative estimate of drug-likeness (QED) is 0.231. The summed E-state index contributed by atoms with van der Waals surface area (Å²) in [6, 6.07) is 22.4. The van der Waals surface area contributed by atoms with E-state index in [0.29, 0.717) is 34.4 Å². The van der Waals surface area contributed by atoms with Gasteiger partial charge in [0.05, 0.1) is 28.3 Å². The van der Waals surface area contributed by atoms with Gasteiger partial charge >= 0.3 is 6.18 Å². The highest BCUT2D eigenvalue weighted by Gasteiger charge is 2.46. The standard InChI is InChI=1S/C32H26F4N4O/c33-25-8-4-1-5-20(25)17-28-23-6-2-3-7-24(23)31(41-28)13-15-40(16-14-31)29-12-9-21(19-37-29)30-38-26-11-10-22(32(34,35)36)18-27(26)39-30/h1-12,18-19,28H,13-17H2,(H,38,39). The molecule has 5 aromatic rings. The molecule has 2 aliphatic heterocycles. The van der Waals surface area contributed by atoms with Crippen molar-refractivity contribution >= 4 is 16.9 Å². The topological polar surface area (TPSA) is 54.0 Å². The fraction of sp³-hybridized carbons (Fsp3) is 0.250. The summed E-state index contributed by atoms with van der Waals surface area (Å²) in [6.45, 7) is 1.47. The molecule has 2 aliphatic rings. The van der Waals surface area contributed by atoms with Crippen molar-refractivity contribution in [2.75, 3.05) is 18.0 Å². The van der Waals surface area contributed by atoms with Gasteiger partial charge in [0.2, 0.25) is 0 Å². The number of nitrogens with zero attached hydrogens (tertiary/aromatic N) is 3. The summed E-state index contributed by atoms with van der Waals surface area (Å²) in [4.78, 5) is 14.3. The van der Waals surface area contributed by atoms with Gasteiger partial charge in [-0.2, -0.15) is 13.2 Å². The molecule has 7 rings (SSSR count). The molecule has 2 aromatic heterocycles. The van der Waals surface area contributed by atoms with E-state index in [2.05, 4.69) is 32.0 Å². The number of rotatable bonds is 4. The maximum absolute atomic E-state index is 14.4. The van der Waals surface area contributed by atoms with Gasteiger partial charge in [-0.05, 0) is 65.9 Å². The molecule has 4 heterocycles. The molecule has 0 saturated carbocycles. The van der Waals surface area contributed by atoms with Gasteiger partial charge in [-0.3, -0.25) is 0 Å². The molecule has 0 bridgehead atoms. The lowest BCUT2D eigenvalue weighted by Crippen LogP contribution is -2.43. The Balaban J connectivity index is 1.07. The van der Waals surface area contributed by atoms with E-state index < -0.39 is 17.3 Å². The maximum Gasteiger partial charge on any atom is 0.416 e. The molecule has 9 heteroatoms. The van der Waals surface area contributed by atoms with E-state index >= 15 is 0 Å². The van der Waals surface area contributed by atoms with E-state index in [-0.39, 0.29) is 11.9 Å². The minimum absolute atomic E-state index is 0.205. The number of benzene rings is 3. The number of halogens is 4. The monoisotopic (exact) mass is 558 g/mol. The van der Waals surface area contributed by atoms with Crippen LogP contribution in [0.15, 0.2) is 85.1 Å². The Morgan fingerprint density at radius 1 is 0.951 bits per heavy atom. The summed E-state index contributed by atoms with van der Waals surface area (Å²) >= 11 is 0. The van der Waals surface area contributed by atoms with Gasteiger partial charge < -0.3 is 14.6 Å².